The number of carbonyl (C=O) groups is 1. The number of pyridine rings is 1. The van der Waals surface area contributed by atoms with Crippen molar-refractivity contribution in [3.63, 3.8) is 0 Å². The number of rotatable bonds is 4. The van der Waals surface area contributed by atoms with E-state index in [2.05, 4.69) is 4.98 Å². The maximum Gasteiger partial charge on any atom is 0.272 e. The van der Waals surface area contributed by atoms with Crippen molar-refractivity contribution < 1.29 is 9.18 Å². The van der Waals surface area contributed by atoms with Gasteiger partial charge in [0.2, 0.25) is 0 Å². The number of hydrogen-bond donors (Lipinski definition) is 0. The second kappa shape index (κ2) is 6.14. The molecule has 5 heteroatoms. The third-order valence-corrected chi connectivity index (χ3v) is 3.52. The maximum absolute atomic E-state index is 12.8. The third kappa shape index (κ3) is 2.99. The first-order chi connectivity index (χ1) is 8.72. The minimum absolute atomic E-state index is 0.105. The molecule has 0 spiro atoms. The Kier molecular flexibility index (Phi) is 4.53. The zero-order valence-electron chi connectivity index (χ0n) is 10.1. The van der Waals surface area contributed by atoms with Crippen molar-refractivity contribution >= 4 is 17.5 Å². The summed E-state index contributed by atoms with van der Waals surface area (Å²) in [5.41, 5.74) is 0.314. The standard InChI is InChI=1S/C13H16ClFN2O/c14-7-1-3-11-4-2-8-17(11)13(18)12-6-5-10(15)9-16-12/h5-6,9,11H,1-4,7-8H2. The molecule has 3 nitrogen and oxygen atoms in total. The first kappa shape index (κ1) is 13.3. The summed E-state index contributed by atoms with van der Waals surface area (Å²) >= 11 is 5.68. The van der Waals surface area contributed by atoms with E-state index in [-0.39, 0.29) is 11.9 Å². The van der Waals surface area contributed by atoms with Crippen molar-refractivity contribution in [1.29, 1.82) is 0 Å². The molecular weight excluding hydrogens is 255 g/mol. The molecule has 18 heavy (non-hydrogen) atoms. The fourth-order valence-electron chi connectivity index (χ4n) is 2.37. The van der Waals surface area contributed by atoms with E-state index in [4.69, 9.17) is 11.6 Å². The van der Waals surface area contributed by atoms with Crippen LogP contribution in [0.1, 0.15) is 36.2 Å². The second-order valence-electron chi connectivity index (χ2n) is 4.49. The highest BCUT2D eigenvalue weighted by molar-refractivity contribution is 6.17. The van der Waals surface area contributed by atoms with Gasteiger partial charge in [0.05, 0.1) is 6.20 Å². The minimum Gasteiger partial charge on any atom is -0.334 e. The van der Waals surface area contributed by atoms with Gasteiger partial charge in [-0.15, -0.1) is 11.6 Å². The number of alkyl halides is 1. The number of aromatic nitrogens is 1. The van der Waals surface area contributed by atoms with Crippen LogP contribution in [0.5, 0.6) is 0 Å². The van der Waals surface area contributed by atoms with Crippen molar-refractivity contribution in [2.75, 3.05) is 12.4 Å². The van der Waals surface area contributed by atoms with Crippen molar-refractivity contribution in [2.24, 2.45) is 0 Å². The monoisotopic (exact) mass is 270 g/mol. The summed E-state index contributed by atoms with van der Waals surface area (Å²) in [4.78, 5) is 17.9. The molecule has 1 aliphatic heterocycles. The molecular formula is C13H16ClFN2O. The molecule has 0 saturated carbocycles. The Hall–Kier alpha value is -1.16. The van der Waals surface area contributed by atoms with E-state index in [0.29, 0.717) is 11.6 Å². The Balaban J connectivity index is 2.05. The van der Waals surface area contributed by atoms with Crippen LogP contribution in [0.3, 0.4) is 0 Å². The Labute approximate surface area is 111 Å². The highest BCUT2D eigenvalue weighted by Gasteiger charge is 2.29. The zero-order valence-corrected chi connectivity index (χ0v) is 10.9. The van der Waals surface area contributed by atoms with E-state index in [1.54, 1.807) is 0 Å². The topological polar surface area (TPSA) is 33.2 Å². The van der Waals surface area contributed by atoms with Crippen LogP contribution in [0, 0.1) is 5.82 Å². The SMILES string of the molecule is O=C(c1ccc(F)cn1)N1CCCC1CCCCl. The van der Waals surface area contributed by atoms with Gasteiger partial charge >= 0.3 is 0 Å². The fourth-order valence-corrected chi connectivity index (χ4v) is 2.52. The van der Waals surface area contributed by atoms with Gasteiger partial charge < -0.3 is 4.90 Å². The second-order valence-corrected chi connectivity index (χ2v) is 4.87. The molecule has 1 aromatic rings. The molecule has 1 unspecified atom stereocenters. The Morgan fingerprint density at radius 1 is 1.56 bits per heavy atom. The summed E-state index contributed by atoms with van der Waals surface area (Å²) in [6, 6.07) is 2.96. The van der Waals surface area contributed by atoms with Crippen LogP contribution in [-0.4, -0.2) is 34.3 Å². The van der Waals surface area contributed by atoms with E-state index in [1.165, 1.54) is 12.1 Å². The van der Waals surface area contributed by atoms with Gasteiger partial charge in [-0.2, -0.15) is 0 Å². The highest BCUT2D eigenvalue weighted by atomic mass is 35.5. The van der Waals surface area contributed by atoms with Crippen LogP contribution in [-0.2, 0) is 0 Å². The molecule has 1 amide bonds. The van der Waals surface area contributed by atoms with Crippen LogP contribution in [0.15, 0.2) is 18.3 Å². The van der Waals surface area contributed by atoms with Crippen molar-refractivity contribution in [2.45, 2.75) is 31.7 Å². The molecule has 0 bridgehead atoms. The minimum atomic E-state index is -0.424. The summed E-state index contributed by atoms with van der Waals surface area (Å²) < 4.78 is 12.8. The molecule has 0 N–H and O–H groups in total. The quantitative estimate of drug-likeness (QED) is 0.788. The summed E-state index contributed by atoms with van der Waals surface area (Å²) in [7, 11) is 0. The fraction of sp³-hybridized carbons (Fsp3) is 0.538. The van der Waals surface area contributed by atoms with E-state index >= 15 is 0 Å². The summed E-state index contributed by atoms with van der Waals surface area (Å²) in [6.07, 6.45) is 4.95. The summed E-state index contributed by atoms with van der Waals surface area (Å²) in [6.45, 7) is 0.755. The highest BCUT2D eigenvalue weighted by Crippen LogP contribution is 2.23. The molecule has 98 valence electrons. The van der Waals surface area contributed by atoms with Gasteiger partial charge in [0, 0.05) is 18.5 Å². The molecule has 0 aliphatic carbocycles. The van der Waals surface area contributed by atoms with E-state index < -0.39 is 5.82 Å². The predicted molar refractivity (Wildman–Crippen MR) is 68.2 cm³/mol. The largest absolute Gasteiger partial charge is 0.334 e. The van der Waals surface area contributed by atoms with Crippen LogP contribution >= 0.6 is 11.6 Å². The van der Waals surface area contributed by atoms with Crippen LogP contribution in [0.25, 0.3) is 0 Å². The molecule has 1 saturated heterocycles. The number of amides is 1. The van der Waals surface area contributed by atoms with Gasteiger partial charge in [0.1, 0.15) is 11.5 Å². The van der Waals surface area contributed by atoms with Gasteiger partial charge in [-0.05, 0) is 37.8 Å². The molecule has 2 rings (SSSR count). The predicted octanol–water partition coefficient (Wildman–Crippen LogP) is 2.84. The third-order valence-electron chi connectivity index (χ3n) is 3.26. The van der Waals surface area contributed by atoms with Crippen molar-refractivity contribution in [3.8, 4) is 0 Å². The smallest absolute Gasteiger partial charge is 0.272 e. The van der Waals surface area contributed by atoms with Gasteiger partial charge in [0.25, 0.3) is 5.91 Å². The Bertz CT molecular complexity index is 410. The number of hydrogen-bond acceptors (Lipinski definition) is 2. The molecule has 0 radical (unpaired) electrons. The summed E-state index contributed by atoms with van der Waals surface area (Å²) in [5, 5.41) is 0. The first-order valence-corrected chi connectivity index (χ1v) is 6.74. The molecule has 1 aromatic heterocycles. The number of halogens is 2. The lowest BCUT2D eigenvalue weighted by atomic mass is 10.1. The molecule has 1 aliphatic rings. The molecule has 0 aromatic carbocycles. The van der Waals surface area contributed by atoms with Gasteiger partial charge in [-0.3, -0.25) is 4.79 Å². The Morgan fingerprint density at radius 2 is 2.39 bits per heavy atom. The van der Waals surface area contributed by atoms with Gasteiger partial charge in [0.15, 0.2) is 0 Å². The molecule has 1 atom stereocenters. The van der Waals surface area contributed by atoms with Crippen LogP contribution < -0.4 is 0 Å². The van der Waals surface area contributed by atoms with Gasteiger partial charge in [-0.1, -0.05) is 0 Å². The lowest BCUT2D eigenvalue weighted by Gasteiger charge is -2.24. The van der Waals surface area contributed by atoms with Crippen molar-refractivity contribution in [1.82, 2.24) is 9.88 Å². The van der Waals surface area contributed by atoms with E-state index in [1.807, 2.05) is 4.90 Å². The maximum atomic E-state index is 12.8. The zero-order chi connectivity index (χ0) is 13.0. The van der Waals surface area contributed by atoms with Crippen LogP contribution in [0.2, 0.25) is 0 Å². The first-order valence-electron chi connectivity index (χ1n) is 6.21. The normalized spacial score (nSPS) is 19.2. The van der Waals surface area contributed by atoms with E-state index in [0.717, 1.165) is 38.4 Å². The Morgan fingerprint density at radius 3 is 3.06 bits per heavy atom. The van der Waals surface area contributed by atoms with Crippen LogP contribution in [0.4, 0.5) is 4.39 Å². The lowest BCUT2D eigenvalue weighted by molar-refractivity contribution is 0.0724. The lowest BCUT2D eigenvalue weighted by Crippen LogP contribution is -2.36. The number of likely N-dealkylation sites (tertiary alicyclic amines) is 1. The number of nitrogens with zero attached hydrogens (tertiary/aromatic N) is 2. The number of carbonyl (C=O) groups excluding carboxylic acids is 1. The molecule has 2 heterocycles. The average Bonchev–Trinajstić information content (AvgIpc) is 2.84. The van der Waals surface area contributed by atoms with Gasteiger partial charge in [-0.25, -0.2) is 9.37 Å². The average molecular weight is 271 g/mol. The summed E-state index contributed by atoms with van der Waals surface area (Å²) in [5.74, 6) is 0.0894. The van der Waals surface area contributed by atoms with E-state index in [9.17, 15) is 9.18 Å². The van der Waals surface area contributed by atoms with Crippen molar-refractivity contribution in [3.05, 3.63) is 29.8 Å². The molecule has 1 fully saturated rings.